The number of nitrogens with two attached hydrogens (primary N) is 1. The van der Waals surface area contributed by atoms with Crippen LogP contribution in [0.15, 0.2) is 36.7 Å². The van der Waals surface area contributed by atoms with E-state index in [2.05, 4.69) is 29.1 Å². The van der Waals surface area contributed by atoms with Crippen molar-refractivity contribution in [3.8, 4) is 0 Å². The van der Waals surface area contributed by atoms with Crippen LogP contribution >= 0.6 is 0 Å². The van der Waals surface area contributed by atoms with E-state index in [1.54, 1.807) is 0 Å². The summed E-state index contributed by atoms with van der Waals surface area (Å²) in [7, 11) is 1.95. The van der Waals surface area contributed by atoms with E-state index in [0.717, 1.165) is 33.3 Å². The predicted octanol–water partition coefficient (Wildman–Crippen LogP) is 2.63. The van der Waals surface area contributed by atoms with Gasteiger partial charge in [0.2, 0.25) is 0 Å². The predicted molar refractivity (Wildman–Crippen MR) is 80.5 cm³/mol. The van der Waals surface area contributed by atoms with Crippen LogP contribution in [0.2, 0.25) is 0 Å². The fourth-order valence-electron chi connectivity index (χ4n) is 2.81. The van der Waals surface area contributed by atoms with Crippen molar-refractivity contribution >= 4 is 10.8 Å². The highest BCUT2D eigenvalue weighted by molar-refractivity contribution is 5.85. The van der Waals surface area contributed by atoms with Crippen LogP contribution in [0.3, 0.4) is 0 Å². The molecule has 1 atom stereocenters. The Hall–Kier alpha value is -2.20. The molecule has 20 heavy (non-hydrogen) atoms. The highest BCUT2D eigenvalue weighted by Crippen LogP contribution is 2.30. The minimum atomic E-state index is -0.171. The second kappa shape index (κ2) is 4.72. The first-order valence-electron chi connectivity index (χ1n) is 6.68. The minimum absolute atomic E-state index is 0.171. The summed E-state index contributed by atoms with van der Waals surface area (Å²) < 4.78 is 1.89. The summed E-state index contributed by atoms with van der Waals surface area (Å²) >= 11 is 0. The van der Waals surface area contributed by atoms with Crippen LogP contribution in [-0.4, -0.2) is 14.8 Å². The molecule has 4 nitrogen and oxygen atoms in total. The van der Waals surface area contributed by atoms with Crippen LogP contribution < -0.4 is 5.73 Å². The van der Waals surface area contributed by atoms with E-state index in [1.165, 1.54) is 0 Å². The van der Waals surface area contributed by atoms with Gasteiger partial charge in [0.05, 0.1) is 11.7 Å². The number of hydrogen-bond donors (Lipinski definition) is 1. The fraction of sp³-hybridized carbons (Fsp3) is 0.250. The van der Waals surface area contributed by atoms with Crippen molar-refractivity contribution in [1.82, 2.24) is 14.8 Å². The minimum Gasteiger partial charge on any atom is -0.320 e. The van der Waals surface area contributed by atoms with Gasteiger partial charge < -0.3 is 5.73 Å². The molecular weight excluding hydrogens is 248 g/mol. The molecule has 0 radical (unpaired) electrons. The first-order valence-corrected chi connectivity index (χ1v) is 6.68. The summed E-state index contributed by atoms with van der Waals surface area (Å²) in [5.74, 6) is 0. The van der Waals surface area contributed by atoms with Gasteiger partial charge in [-0.3, -0.25) is 9.67 Å². The molecule has 0 fully saturated rings. The lowest BCUT2D eigenvalue weighted by atomic mass is 9.94. The van der Waals surface area contributed by atoms with Crippen molar-refractivity contribution < 1.29 is 0 Å². The largest absolute Gasteiger partial charge is 0.320 e. The fourth-order valence-corrected chi connectivity index (χ4v) is 2.81. The highest BCUT2D eigenvalue weighted by Gasteiger charge is 2.19. The molecule has 3 rings (SSSR count). The number of benzene rings is 1. The lowest BCUT2D eigenvalue weighted by Gasteiger charge is -2.15. The maximum Gasteiger partial charge on any atom is 0.0647 e. The standard InChI is InChI=1S/C16H18N4/c1-10-15(11(2)20(3)19-10)16(17)14-6-4-5-12-9-18-8-7-13(12)14/h4-9,16H,17H2,1-3H3. The van der Waals surface area contributed by atoms with E-state index < -0.39 is 0 Å². The Morgan fingerprint density at radius 2 is 2.00 bits per heavy atom. The van der Waals surface area contributed by atoms with Gasteiger partial charge in [-0.25, -0.2) is 0 Å². The van der Waals surface area contributed by atoms with Crippen LogP contribution in [0.25, 0.3) is 10.8 Å². The quantitative estimate of drug-likeness (QED) is 0.775. The average Bonchev–Trinajstić information content (AvgIpc) is 2.71. The molecule has 4 heteroatoms. The molecule has 102 valence electrons. The monoisotopic (exact) mass is 266 g/mol. The van der Waals surface area contributed by atoms with Crippen LogP contribution in [-0.2, 0) is 7.05 Å². The summed E-state index contributed by atoms with van der Waals surface area (Å²) in [5, 5.41) is 6.72. The zero-order valence-electron chi connectivity index (χ0n) is 12.0. The third-order valence-electron chi connectivity index (χ3n) is 3.93. The Kier molecular flexibility index (Phi) is 3.03. The van der Waals surface area contributed by atoms with Gasteiger partial charge in [-0.05, 0) is 30.9 Å². The van der Waals surface area contributed by atoms with Crippen molar-refractivity contribution in [1.29, 1.82) is 0 Å². The van der Waals surface area contributed by atoms with E-state index in [-0.39, 0.29) is 6.04 Å². The number of fused-ring (bicyclic) bond motifs is 1. The van der Waals surface area contributed by atoms with Crippen molar-refractivity contribution in [2.45, 2.75) is 19.9 Å². The van der Waals surface area contributed by atoms with Gasteiger partial charge >= 0.3 is 0 Å². The van der Waals surface area contributed by atoms with E-state index in [4.69, 9.17) is 5.73 Å². The van der Waals surface area contributed by atoms with Gasteiger partial charge in [-0.15, -0.1) is 0 Å². The van der Waals surface area contributed by atoms with Crippen LogP contribution in [0.4, 0.5) is 0 Å². The lowest BCUT2D eigenvalue weighted by Crippen LogP contribution is -2.14. The third kappa shape index (κ3) is 1.89. The van der Waals surface area contributed by atoms with Gasteiger partial charge in [0, 0.05) is 36.1 Å². The summed E-state index contributed by atoms with van der Waals surface area (Å²) in [4.78, 5) is 4.17. The highest BCUT2D eigenvalue weighted by atomic mass is 15.3. The second-order valence-electron chi connectivity index (χ2n) is 5.13. The Bertz CT molecular complexity index is 768. The molecule has 3 aromatic rings. The van der Waals surface area contributed by atoms with Crippen molar-refractivity contribution in [2.24, 2.45) is 12.8 Å². The maximum atomic E-state index is 6.52. The number of aromatic nitrogens is 3. The Labute approximate surface area is 118 Å². The number of nitrogens with zero attached hydrogens (tertiary/aromatic N) is 3. The zero-order chi connectivity index (χ0) is 14.3. The SMILES string of the molecule is Cc1nn(C)c(C)c1C(N)c1cccc2cnccc12. The Balaban J connectivity index is 2.20. The van der Waals surface area contributed by atoms with E-state index >= 15 is 0 Å². The first-order chi connectivity index (χ1) is 9.59. The molecule has 0 aliphatic rings. The summed E-state index contributed by atoms with van der Waals surface area (Å²) in [5.41, 5.74) is 10.8. The number of aryl methyl sites for hydroxylation is 2. The molecule has 0 spiro atoms. The Morgan fingerprint density at radius 1 is 1.20 bits per heavy atom. The molecule has 0 aliphatic carbocycles. The average molecular weight is 266 g/mol. The molecule has 0 bridgehead atoms. The van der Waals surface area contributed by atoms with Gasteiger partial charge in [0.1, 0.15) is 0 Å². The lowest BCUT2D eigenvalue weighted by molar-refractivity contribution is 0.728. The zero-order valence-corrected chi connectivity index (χ0v) is 12.0. The smallest absolute Gasteiger partial charge is 0.0647 e. The molecule has 0 aliphatic heterocycles. The van der Waals surface area contributed by atoms with Crippen molar-refractivity contribution in [2.75, 3.05) is 0 Å². The molecular formula is C16H18N4. The molecule has 0 saturated carbocycles. The molecule has 0 saturated heterocycles. The molecule has 1 unspecified atom stereocenters. The summed E-state index contributed by atoms with van der Waals surface area (Å²) in [6.45, 7) is 4.07. The summed E-state index contributed by atoms with van der Waals surface area (Å²) in [6, 6.07) is 8.02. The number of rotatable bonds is 2. The normalized spacial score (nSPS) is 12.8. The van der Waals surface area contributed by atoms with E-state index in [1.807, 2.05) is 43.2 Å². The van der Waals surface area contributed by atoms with Gasteiger partial charge in [-0.1, -0.05) is 18.2 Å². The molecule has 1 aromatic carbocycles. The van der Waals surface area contributed by atoms with Crippen molar-refractivity contribution in [3.63, 3.8) is 0 Å². The van der Waals surface area contributed by atoms with Gasteiger partial charge in [0.15, 0.2) is 0 Å². The molecule has 2 aromatic heterocycles. The topological polar surface area (TPSA) is 56.7 Å². The van der Waals surface area contributed by atoms with Crippen LogP contribution in [0.1, 0.15) is 28.6 Å². The van der Waals surface area contributed by atoms with E-state index in [9.17, 15) is 0 Å². The Morgan fingerprint density at radius 3 is 2.70 bits per heavy atom. The van der Waals surface area contributed by atoms with Crippen molar-refractivity contribution in [3.05, 3.63) is 59.2 Å². The maximum absolute atomic E-state index is 6.52. The molecule has 2 N–H and O–H groups in total. The number of pyridine rings is 1. The molecule has 2 heterocycles. The summed E-state index contributed by atoms with van der Waals surface area (Å²) in [6.07, 6.45) is 3.68. The van der Waals surface area contributed by atoms with Gasteiger partial charge in [-0.2, -0.15) is 5.10 Å². The molecule has 0 amide bonds. The van der Waals surface area contributed by atoms with Crippen LogP contribution in [0, 0.1) is 13.8 Å². The van der Waals surface area contributed by atoms with Crippen LogP contribution in [0.5, 0.6) is 0 Å². The number of hydrogen-bond acceptors (Lipinski definition) is 3. The third-order valence-corrected chi connectivity index (χ3v) is 3.93. The first kappa shape index (κ1) is 12.8. The van der Waals surface area contributed by atoms with Gasteiger partial charge in [0.25, 0.3) is 0 Å². The van der Waals surface area contributed by atoms with E-state index in [0.29, 0.717) is 0 Å². The second-order valence-corrected chi connectivity index (χ2v) is 5.13.